The van der Waals surface area contributed by atoms with E-state index >= 15 is 0 Å². The molecule has 0 unspecified atom stereocenters. The fraction of sp³-hybridized carbons (Fsp3) is 0.154. The summed E-state index contributed by atoms with van der Waals surface area (Å²) in [5.41, 5.74) is 1.03. The molecule has 2 nitrogen and oxygen atoms in total. The van der Waals surface area contributed by atoms with E-state index in [1.807, 2.05) is 49.0 Å². The molecule has 0 aromatic heterocycles. The highest BCUT2D eigenvalue weighted by molar-refractivity contribution is 6.28. The van der Waals surface area contributed by atoms with Crippen LogP contribution in [-0.4, -0.2) is 15.7 Å². The Balaban J connectivity index is 2.33. The van der Waals surface area contributed by atoms with Gasteiger partial charge in [0.2, 0.25) is 0 Å². The van der Waals surface area contributed by atoms with E-state index in [-0.39, 0.29) is 15.7 Å². The van der Waals surface area contributed by atoms with E-state index in [2.05, 4.69) is 0 Å². The second-order valence-electron chi connectivity index (χ2n) is 3.49. The van der Waals surface area contributed by atoms with E-state index in [1.54, 1.807) is 0 Å². The molecule has 3 heteroatoms. The molecule has 0 aliphatic carbocycles. The summed E-state index contributed by atoms with van der Waals surface area (Å²) >= 11 is 0. The number of hydrogen-bond donors (Lipinski definition) is 0. The number of carbonyl (C=O) groups is 1. The van der Waals surface area contributed by atoms with Crippen molar-refractivity contribution < 1.29 is 9.22 Å². The van der Waals surface area contributed by atoms with Crippen LogP contribution in [0.25, 0.3) is 10.8 Å². The number of rotatable bonds is 3. The second kappa shape index (κ2) is 4.94. The van der Waals surface area contributed by atoms with Crippen molar-refractivity contribution in [1.29, 1.82) is 0 Å². The average Bonchev–Trinajstić information content (AvgIpc) is 2.30. The Morgan fingerprint density at radius 1 is 1.19 bits per heavy atom. The van der Waals surface area contributed by atoms with Gasteiger partial charge in [0, 0.05) is 0 Å². The summed E-state index contributed by atoms with van der Waals surface area (Å²) in [7, 11) is 0.217. The molecule has 0 N–H and O–H groups in total. The van der Waals surface area contributed by atoms with Crippen molar-refractivity contribution in [3.63, 3.8) is 0 Å². The molecule has 0 atom stereocenters. The van der Waals surface area contributed by atoms with Crippen LogP contribution in [0.3, 0.4) is 0 Å². The smallest absolute Gasteiger partial charge is 0.311 e. The van der Waals surface area contributed by atoms with E-state index < -0.39 is 0 Å². The van der Waals surface area contributed by atoms with E-state index in [0.29, 0.717) is 6.42 Å². The first kappa shape index (κ1) is 10.9. The fourth-order valence-corrected chi connectivity index (χ4v) is 2.05. The quantitative estimate of drug-likeness (QED) is 0.755. The normalized spacial score (nSPS) is 10.3. The molecule has 0 bridgehead atoms. The summed E-state index contributed by atoms with van der Waals surface area (Å²) < 4.78 is 4.98. The molecule has 2 aromatic rings. The third-order valence-electron chi connectivity index (χ3n) is 2.43. The Hall–Kier alpha value is -1.61. The minimum absolute atomic E-state index is 0.155. The van der Waals surface area contributed by atoms with Crippen LogP contribution in [0.5, 0.6) is 0 Å². The van der Waals surface area contributed by atoms with Crippen LogP contribution in [-0.2, 0) is 15.6 Å². The lowest BCUT2D eigenvalue weighted by atomic mass is 10.0. The molecular weight excluding hydrogens is 216 g/mol. The van der Waals surface area contributed by atoms with Crippen molar-refractivity contribution in [2.75, 3.05) is 0 Å². The van der Waals surface area contributed by atoms with E-state index in [4.69, 9.17) is 4.43 Å². The zero-order valence-electron chi connectivity index (χ0n) is 9.07. The fourth-order valence-electron chi connectivity index (χ4n) is 1.75. The van der Waals surface area contributed by atoms with Crippen molar-refractivity contribution in [2.24, 2.45) is 0 Å². The molecule has 0 amide bonds. The molecule has 0 saturated heterocycles. The van der Waals surface area contributed by atoms with Gasteiger partial charge in [-0.15, -0.1) is 0 Å². The lowest BCUT2D eigenvalue weighted by molar-refractivity contribution is -0.133. The molecular formula is C13H12O2Si. The molecule has 0 aliphatic heterocycles. The van der Waals surface area contributed by atoms with E-state index in [1.165, 1.54) is 0 Å². The molecule has 0 spiro atoms. The maximum Gasteiger partial charge on any atom is 0.311 e. The van der Waals surface area contributed by atoms with Crippen LogP contribution in [0.1, 0.15) is 5.56 Å². The highest BCUT2D eigenvalue weighted by atomic mass is 28.2. The topological polar surface area (TPSA) is 26.3 Å². The van der Waals surface area contributed by atoms with Crippen LogP contribution in [0.4, 0.5) is 0 Å². The van der Waals surface area contributed by atoms with Crippen molar-refractivity contribution in [2.45, 2.75) is 13.0 Å². The van der Waals surface area contributed by atoms with E-state index in [0.717, 1.165) is 16.3 Å². The van der Waals surface area contributed by atoms with Gasteiger partial charge in [0.25, 0.3) is 5.97 Å². The maximum atomic E-state index is 11.4. The third kappa shape index (κ3) is 2.31. The molecule has 80 valence electrons. The first-order chi connectivity index (χ1) is 7.81. The van der Waals surface area contributed by atoms with Crippen LogP contribution in [0.15, 0.2) is 42.5 Å². The molecule has 0 heterocycles. The SMILES string of the molecule is C[Si]OC(=O)Cc1cccc2ccccc12. The van der Waals surface area contributed by atoms with Gasteiger partial charge in [-0.1, -0.05) is 42.5 Å². The second-order valence-corrected chi connectivity index (χ2v) is 4.11. The Kier molecular flexibility index (Phi) is 3.36. The van der Waals surface area contributed by atoms with Gasteiger partial charge in [-0.3, -0.25) is 4.79 Å². The van der Waals surface area contributed by atoms with Crippen molar-refractivity contribution in [1.82, 2.24) is 0 Å². The minimum Gasteiger partial charge on any atom is -0.516 e. The molecule has 0 aliphatic rings. The van der Waals surface area contributed by atoms with Crippen molar-refractivity contribution >= 4 is 26.5 Å². The maximum absolute atomic E-state index is 11.4. The van der Waals surface area contributed by atoms with Gasteiger partial charge in [-0.2, -0.15) is 0 Å². The first-order valence-corrected chi connectivity index (χ1v) is 6.55. The summed E-state index contributed by atoms with van der Waals surface area (Å²) in [5, 5.41) is 2.29. The largest absolute Gasteiger partial charge is 0.516 e. The Labute approximate surface area is 97.2 Å². The lowest BCUT2D eigenvalue weighted by Crippen LogP contribution is -2.09. The van der Waals surface area contributed by atoms with Crippen LogP contribution < -0.4 is 0 Å². The summed E-state index contributed by atoms with van der Waals surface area (Å²) in [6, 6.07) is 14.1. The van der Waals surface area contributed by atoms with Crippen LogP contribution in [0, 0.1) is 0 Å². The Bertz CT molecular complexity index is 503. The molecule has 2 radical (unpaired) electrons. The Morgan fingerprint density at radius 2 is 1.94 bits per heavy atom. The van der Waals surface area contributed by atoms with Gasteiger partial charge in [0.15, 0.2) is 0 Å². The minimum atomic E-state index is -0.155. The summed E-state index contributed by atoms with van der Waals surface area (Å²) in [6.45, 7) is 1.85. The Morgan fingerprint density at radius 3 is 2.75 bits per heavy atom. The predicted octanol–water partition coefficient (Wildman–Crippen LogP) is 2.59. The van der Waals surface area contributed by atoms with Gasteiger partial charge in [0.1, 0.15) is 0 Å². The van der Waals surface area contributed by atoms with Gasteiger partial charge in [0.05, 0.1) is 6.42 Å². The van der Waals surface area contributed by atoms with E-state index in [9.17, 15) is 4.79 Å². The molecule has 16 heavy (non-hydrogen) atoms. The lowest BCUT2D eigenvalue weighted by Gasteiger charge is -2.05. The van der Waals surface area contributed by atoms with Gasteiger partial charge >= 0.3 is 9.76 Å². The van der Waals surface area contributed by atoms with Crippen LogP contribution >= 0.6 is 0 Å². The summed E-state index contributed by atoms with van der Waals surface area (Å²) in [6.07, 6.45) is 0.349. The predicted molar refractivity (Wildman–Crippen MR) is 65.4 cm³/mol. The summed E-state index contributed by atoms with van der Waals surface area (Å²) in [4.78, 5) is 11.4. The van der Waals surface area contributed by atoms with Crippen molar-refractivity contribution in [3.8, 4) is 0 Å². The molecule has 0 saturated carbocycles. The zero-order chi connectivity index (χ0) is 11.4. The van der Waals surface area contributed by atoms with Gasteiger partial charge < -0.3 is 4.43 Å². The van der Waals surface area contributed by atoms with Crippen molar-refractivity contribution in [3.05, 3.63) is 48.0 Å². The highest BCUT2D eigenvalue weighted by Gasteiger charge is 2.06. The first-order valence-electron chi connectivity index (χ1n) is 5.14. The molecule has 2 rings (SSSR count). The van der Waals surface area contributed by atoms with Gasteiger partial charge in [-0.25, -0.2) is 0 Å². The number of hydrogen-bond acceptors (Lipinski definition) is 2. The van der Waals surface area contributed by atoms with Crippen LogP contribution in [0.2, 0.25) is 6.55 Å². The van der Waals surface area contributed by atoms with Gasteiger partial charge in [-0.05, 0) is 22.9 Å². The zero-order valence-corrected chi connectivity index (χ0v) is 10.1. The number of fused-ring (bicyclic) bond motifs is 1. The highest BCUT2D eigenvalue weighted by Crippen LogP contribution is 2.18. The summed E-state index contributed by atoms with van der Waals surface area (Å²) in [5.74, 6) is -0.155. The third-order valence-corrected chi connectivity index (χ3v) is 2.86. The average molecular weight is 228 g/mol. The molecule has 0 fully saturated rings. The molecule has 2 aromatic carbocycles. The number of carbonyl (C=O) groups excluding carboxylic acids is 1. The standard InChI is InChI=1S/C13H12O2Si/c1-16-15-13(14)9-11-7-4-6-10-5-2-3-8-12(10)11/h2-8H,9H2,1H3. The monoisotopic (exact) mass is 228 g/mol. The number of benzene rings is 2.